The number of ether oxygens (including phenoxy) is 2. The number of sulfonamides is 1. The van der Waals surface area contributed by atoms with Crippen LogP contribution >= 0.6 is 0 Å². The highest BCUT2D eigenvalue weighted by molar-refractivity contribution is 7.89. The molecule has 0 aromatic heterocycles. The van der Waals surface area contributed by atoms with Gasteiger partial charge < -0.3 is 20.5 Å². The van der Waals surface area contributed by atoms with E-state index in [0.717, 1.165) is 6.42 Å². The molecule has 2 aromatic rings. The third-order valence-corrected chi connectivity index (χ3v) is 11.5. The summed E-state index contributed by atoms with van der Waals surface area (Å²) in [6.07, 6.45) is 0.236. The summed E-state index contributed by atoms with van der Waals surface area (Å²) in [5, 5.41) is 10.4. The molecule has 2 aliphatic rings. The molecule has 0 saturated heterocycles. The van der Waals surface area contributed by atoms with Gasteiger partial charge in [-0.25, -0.2) is 17.9 Å². The predicted octanol–water partition coefficient (Wildman–Crippen LogP) is 4.42. The summed E-state index contributed by atoms with van der Waals surface area (Å²) in [4.78, 5) is 64.4. The molecule has 5 N–H and O–H groups in total. The number of nitrogens with two attached hydrogens (primary N) is 1. The first-order chi connectivity index (χ1) is 24.2. The van der Waals surface area contributed by atoms with E-state index in [1.807, 2.05) is 13.8 Å². The van der Waals surface area contributed by atoms with Gasteiger partial charge in [0.15, 0.2) is 0 Å². The van der Waals surface area contributed by atoms with E-state index in [0.29, 0.717) is 34.6 Å². The van der Waals surface area contributed by atoms with Crippen molar-refractivity contribution >= 4 is 51.3 Å². The molecule has 4 rings (SSSR count). The third kappa shape index (κ3) is 9.82. The molecule has 2 fully saturated rings. The highest BCUT2D eigenvalue weighted by Crippen LogP contribution is 2.64. The van der Waals surface area contributed by atoms with Gasteiger partial charge in [-0.3, -0.25) is 24.6 Å². The number of imide groups is 1. The normalized spacial score (nSPS) is 19.8. The summed E-state index contributed by atoms with van der Waals surface area (Å²) >= 11 is 0. The first kappa shape index (κ1) is 40.1. The topological polar surface area (TPSA) is 215 Å². The number of carbonyl (C=O) groups excluding carboxylic acids is 5. The summed E-state index contributed by atoms with van der Waals surface area (Å²) in [5.74, 6) is -3.07. The Labute approximate surface area is 304 Å². The predicted molar refractivity (Wildman–Crippen MR) is 193 cm³/mol. The van der Waals surface area contributed by atoms with E-state index in [4.69, 9.17) is 20.6 Å². The van der Waals surface area contributed by atoms with Crippen LogP contribution in [-0.4, -0.2) is 66.3 Å². The van der Waals surface area contributed by atoms with Crippen LogP contribution in [0.5, 0.6) is 0 Å². The lowest BCUT2D eigenvalue weighted by Crippen LogP contribution is -2.50. The van der Waals surface area contributed by atoms with E-state index in [9.17, 15) is 32.4 Å². The van der Waals surface area contributed by atoms with Crippen molar-refractivity contribution in [2.45, 2.75) is 97.8 Å². The van der Waals surface area contributed by atoms with Gasteiger partial charge >= 0.3 is 12.1 Å². The Morgan fingerprint density at radius 1 is 1.02 bits per heavy atom. The largest absolute Gasteiger partial charge is 0.459 e. The molecule has 0 spiro atoms. The third-order valence-electron chi connectivity index (χ3n) is 9.94. The maximum atomic E-state index is 13.6. The number of hydrogen-bond acceptors (Lipinski definition) is 10. The zero-order valence-electron chi connectivity index (χ0n) is 30.3. The van der Waals surface area contributed by atoms with Crippen LogP contribution in [0.2, 0.25) is 0 Å². The first-order valence-electron chi connectivity index (χ1n) is 17.3. The minimum atomic E-state index is -4.10. The van der Waals surface area contributed by atoms with E-state index in [1.165, 1.54) is 0 Å². The molecule has 3 amide bonds. The average molecular weight is 740 g/mol. The van der Waals surface area contributed by atoms with Crippen molar-refractivity contribution in [3.8, 4) is 0 Å². The molecule has 2 aliphatic carbocycles. The van der Waals surface area contributed by atoms with Gasteiger partial charge in [-0.2, -0.15) is 4.90 Å². The number of benzene rings is 2. The van der Waals surface area contributed by atoms with Gasteiger partial charge in [-0.05, 0) is 81.0 Å². The van der Waals surface area contributed by atoms with Crippen molar-refractivity contribution in [1.29, 1.82) is 5.41 Å². The number of esters is 1. The van der Waals surface area contributed by atoms with Gasteiger partial charge in [-0.15, -0.1) is 0 Å². The Kier molecular flexibility index (Phi) is 12.3. The Balaban J connectivity index is 1.32. The molecule has 52 heavy (non-hydrogen) atoms. The molecule has 15 heteroatoms. The van der Waals surface area contributed by atoms with Crippen molar-refractivity contribution in [1.82, 2.24) is 9.62 Å². The van der Waals surface area contributed by atoms with E-state index < -0.39 is 68.1 Å². The number of rotatable bonds is 14. The van der Waals surface area contributed by atoms with Crippen LogP contribution in [0.4, 0.5) is 10.5 Å². The molecule has 0 heterocycles. The SMILES string of the molecule is CC(C)(C)OC(=O)[C@H](Cc1ccc(NC(=O)CCCC(=O)N(C(=N)N)C(=O)OCc2ccccc2)cc1)NS(=O)(=O)C[C@]12CCC(CC1=O)C2(C)C. The van der Waals surface area contributed by atoms with Crippen molar-refractivity contribution in [3.05, 3.63) is 65.7 Å². The van der Waals surface area contributed by atoms with Gasteiger partial charge in [0.05, 0.1) is 5.75 Å². The van der Waals surface area contributed by atoms with Crippen molar-refractivity contribution in [3.63, 3.8) is 0 Å². The monoisotopic (exact) mass is 739 g/mol. The Bertz CT molecular complexity index is 1790. The van der Waals surface area contributed by atoms with Gasteiger partial charge in [-0.1, -0.05) is 56.3 Å². The maximum absolute atomic E-state index is 13.6. The fourth-order valence-corrected chi connectivity index (χ4v) is 9.07. The molecule has 2 aromatic carbocycles. The first-order valence-corrected chi connectivity index (χ1v) is 18.9. The summed E-state index contributed by atoms with van der Waals surface area (Å²) in [5.41, 5.74) is 4.79. The molecule has 1 unspecified atom stereocenters. The minimum Gasteiger partial charge on any atom is -0.459 e. The lowest BCUT2D eigenvalue weighted by atomic mass is 9.70. The molecule has 2 saturated carbocycles. The van der Waals surface area contributed by atoms with Crippen LogP contribution in [0.25, 0.3) is 0 Å². The van der Waals surface area contributed by atoms with Crippen LogP contribution in [0.15, 0.2) is 54.6 Å². The Hall–Kier alpha value is -4.63. The van der Waals surface area contributed by atoms with Crippen molar-refractivity contribution in [2.24, 2.45) is 22.5 Å². The Morgan fingerprint density at radius 2 is 1.67 bits per heavy atom. The molecule has 14 nitrogen and oxygen atoms in total. The number of fused-ring (bicyclic) bond motifs is 2. The maximum Gasteiger partial charge on any atom is 0.423 e. The van der Waals surface area contributed by atoms with Crippen molar-refractivity contribution < 1.29 is 41.9 Å². The van der Waals surface area contributed by atoms with Crippen LogP contribution < -0.4 is 15.8 Å². The van der Waals surface area contributed by atoms with Gasteiger partial charge in [0.25, 0.3) is 0 Å². The average Bonchev–Trinajstić information content (AvgIpc) is 3.38. The Morgan fingerprint density at radius 3 is 2.23 bits per heavy atom. The second kappa shape index (κ2) is 15.9. The van der Waals surface area contributed by atoms with Gasteiger partial charge in [0.1, 0.15) is 24.0 Å². The quantitative estimate of drug-likeness (QED) is 0.122. The standard InChI is InChI=1S/C37H49N5O9S/c1-35(2,3)51-32(46)28(41-52(48,49)23-37-19-18-26(21-29(37)43)36(37,4)5)20-24-14-16-27(17-15-24)40-30(44)12-9-13-31(45)42(33(38)39)34(47)50-22-25-10-7-6-8-11-25/h6-8,10-11,14-17,26,28,41H,9,12-13,18-23H2,1-5H3,(H3,38,39)(H,40,44)/t26?,28-,37+/m0/s1. The number of hydrogen-bond donors (Lipinski definition) is 4. The summed E-state index contributed by atoms with van der Waals surface area (Å²) in [6.45, 7) is 8.83. The molecule has 0 aliphatic heterocycles. The second-order valence-corrected chi connectivity index (χ2v) is 16.8. The van der Waals surface area contributed by atoms with Crippen LogP contribution in [0.1, 0.15) is 84.3 Å². The molecule has 3 atom stereocenters. The van der Waals surface area contributed by atoms with E-state index in [-0.39, 0.29) is 44.0 Å². The summed E-state index contributed by atoms with van der Waals surface area (Å²) in [7, 11) is -4.10. The molecule has 0 radical (unpaired) electrons. The van der Waals surface area contributed by atoms with E-state index in [2.05, 4.69) is 10.0 Å². The zero-order chi connectivity index (χ0) is 38.5. The lowest BCUT2D eigenvalue weighted by Gasteiger charge is -2.36. The number of nitrogens with one attached hydrogen (secondary N) is 3. The second-order valence-electron chi connectivity index (χ2n) is 15.1. The summed E-state index contributed by atoms with van der Waals surface area (Å²) in [6, 6.07) is 14.0. The summed E-state index contributed by atoms with van der Waals surface area (Å²) < 4.78 is 40.4. The number of carbonyl (C=O) groups is 5. The molecular weight excluding hydrogens is 690 g/mol. The van der Waals surface area contributed by atoms with Crippen LogP contribution in [-0.2, 0) is 51.7 Å². The highest BCUT2D eigenvalue weighted by Gasteiger charge is 2.65. The lowest BCUT2D eigenvalue weighted by molar-refractivity contribution is -0.157. The fourth-order valence-electron chi connectivity index (χ4n) is 7.05. The number of anilines is 1. The van der Waals surface area contributed by atoms with E-state index in [1.54, 1.807) is 75.4 Å². The van der Waals surface area contributed by atoms with Crippen LogP contribution in [0, 0.1) is 22.2 Å². The number of amides is 3. The number of nitrogens with zero attached hydrogens (tertiary/aromatic N) is 1. The molecular formula is C37H49N5O9S. The van der Waals surface area contributed by atoms with Crippen molar-refractivity contribution in [2.75, 3.05) is 11.1 Å². The highest BCUT2D eigenvalue weighted by atomic mass is 32.2. The zero-order valence-corrected chi connectivity index (χ0v) is 31.1. The smallest absolute Gasteiger partial charge is 0.423 e. The van der Waals surface area contributed by atoms with Gasteiger partial charge in [0.2, 0.25) is 27.8 Å². The number of Topliss-reactive ketones (excluding diaryl/α,β-unsaturated/α-hetero) is 1. The van der Waals surface area contributed by atoms with E-state index >= 15 is 0 Å². The molecule has 2 bridgehead atoms. The molecule has 282 valence electrons. The van der Waals surface area contributed by atoms with Gasteiger partial charge in [0, 0.05) is 30.4 Å². The minimum absolute atomic E-state index is 0.0438. The number of ketones is 1. The fraction of sp³-hybridized carbons (Fsp3) is 0.514. The number of guanidine groups is 1. The van der Waals surface area contributed by atoms with Crippen LogP contribution in [0.3, 0.4) is 0 Å².